The molecule has 2 aromatic rings. The van der Waals surface area contributed by atoms with Crippen LogP contribution in [-0.2, 0) is 4.79 Å². The van der Waals surface area contributed by atoms with Crippen molar-refractivity contribution in [2.24, 2.45) is 0 Å². The lowest BCUT2D eigenvalue weighted by Crippen LogP contribution is -2.13. The van der Waals surface area contributed by atoms with E-state index in [1.807, 2.05) is 24.3 Å². The van der Waals surface area contributed by atoms with Crippen LogP contribution in [-0.4, -0.2) is 18.2 Å². The summed E-state index contributed by atoms with van der Waals surface area (Å²) in [5.41, 5.74) is 1.47. The van der Waals surface area contributed by atoms with E-state index in [4.69, 9.17) is 4.74 Å². The Balaban J connectivity index is 2.42. The standard InChI is InChI=1S/C15H13BrO3/c1-19-13-7-5-10(6-8-13)14(15(17)18)11-3-2-4-12(16)9-11/h2-9,14H,1H3,(H,17,18). The van der Waals surface area contributed by atoms with Crippen LogP contribution in [0.1, 0.15) is 17.0 Å². The molecule has 19 heavy (non-hydrogen) atoms. The molecule has 0 heterocycles. The van der Waals surface area contributed by atoms with Gasteiger partial charge in [-0.05, 0) is 35.4 Å². The number of carbonyl (C=O) groups is 1. The Hall–Kier alpha value is -1.81. The summed E-state index contributed by atoms with van der Waals surface area (Å²) in [6.07, 6.45) is 0. The quantitative estimate of drug-likeness (QED) is 0.934. The van der Waals surface area contributed by atoms with Crippen molar-refractivity contribution in [1.29, 1.82) is 0 Å². The third-order valence-corrected chi connectivity index (χ3v) is 3.37. The van der Waals surface area contributed by atoms with Crippen LogP contribution in [0.2, 0.25) is 0 Å². The zero-order valence-corrected chi connectivity index (χ0v) is 11.9. The van der Waals surface area contributed by atoms with Crippen molar-refractivity contribution in [1.82, 2.24) is 0 Å². The summed E-state index contributed by atoms with van der Waals surface area (Å²) in [5, 5.41) is 9.45. The highest BCUT2D eigenvalue weighted by atomic mass is 79.9. The van der Waals surface area contributed by atoms with Gasteiger partial charge in [0.15, 0.2) is 0 Å². The second-order valence-electron chi connectivity index (χ2n) is 4.10. The van der Waals surface area contributed by atoms with Crippen LogP contribution >= 0.6 is 15.9 Å². The van der Waals surface area contributed by atoms with E-state index < -0.39 is 11.9 Å². The summed E-state index contributed by atoms with van der Waals surface area (Å²) in [7, 11) is 1.58. The maximum absolute atomic E-state index is 11.5. The minimum absolute atomic E-state index is 0.677. The number of hydrogen-bond donors (Lipinski definition) is 1. The molecular formula is C15H13BrO3. The average Bonchev–Trinajstić information content (AvgIpc) is 2.39. The summed E-state index contributed by atoms with van der Waals surface area (Å²) < 4.78 is 5.94. The van der Waals surface area contributed by atoms with Crippen molar-refractivity contribution < 1.29 is 14.6 Å². The molecule has 1 atom stereocenters. The fraction of sp³-hybridized carbons (Fsp3) is 0.133. The topological polar surface area (TPSA) is 46.5 Å². The van der Waals surface area contributed by atoms with Gasteiger partial charge < -0.3 is 9.84 Å². The predicted octanol–water partition coefficient (Wildman–Crippen LogP) is 3.67. The molecule has 0 spiro atoms. The molecule has 0 aliphatic carbocycles. The van der Waals surface area contributed by atoms with E-state index in [1.54, 1.807) is 31.4 Å². The molecule has 98 valence electrons. The molecule has 1 N–H and O–H groups in total. The molecule has 0 aromatic heterocycles. The third-order valence-electron chi connectivity index (χ3n) is 2.88. The first-order chi connectivity index (χ1) is 9.11. The van der Waals surface area contributed by atoms with Gasteiger partial charge in [-0.25, -0.2) is 0 Å². The molecule has 2 aromatic carbocycles. The summed E-state index contributed by atoms with van der Waals surface area (Å²) in [6, 6.07) is 14.4. The number of halogens is 1. The van der Waals surface area contributed by atoms with Gasteiger partial charge in [0.1, 0.15) is 11.7 Å². The number of rotatable bonds is 4. The maximum Gasteiger partial charge on any atom is 0.315 e. The molecule has 0 aliphatic rings. The van der Waals surface area contributed by atoms with E-state index in [2.05, 4.69) is 15.9 Å². The van der Waals surface area contributed by atoms with Crippen LogP contribution in [0.4, 0.5) is 0 Å². The zero-order chi connectivity index (χ0) is 13.8. The monoisotopic (exact) mass is 320 g/mol. The van der Waals surface area contributed by atoms with Crippen LogP contribution in [0.5, 0.6) is 5.75 Å². The van der Waals surface area contributed by atoms with Crippen LogP contribution in [0.3, 0.4) is 0 Å². The largest absolute Gasteiger partial charge is 0.497 e. The molecule has 4 heteroatoms. The summed E-state index contributed by atoms with van der Waals surface area (Å²) >= 11 is 3.36. The van der Waals surface area contributed by atoms with Gasteiger partial charge in [0.25, 0.3) is 0 Å². The molecule has 0 aliphatic heterocycles. The van der Waals surface area contributed by atoms with E-state index >= 15 is 0 Å². The lowest BCUT2D eigenvalue weighted by molar-refractivity contribution is -0.137. The average molecular weight is 321 g/mol. The van der Waals surface area contributed by atoms with Crippen molar-refractivity contribution in [3.63, 3.8) is 0 Å². The zero-order valence-electron chi connectivity index (χ0n) is 10.3. The lowest BCUT2D eigenvalue weighted by atomic mass is 9.91. The fourth-order valence-electron chi connectivity index (χ4n) is 1.96. The Morgan fingerprint density at radius 2 is 1.84 bits per heavy atom. The van der Waals surface area contributed by atoms with Crippen LogP contribution in [0, 0.1) is 0 Å². The van der Waals surface area contributed by atoms with Gasteiger partial charge in [-0.3, -0.25) is 4.79 Å². The van der Waals surface area contributed by atoms with Crippen LogP contribution < -0.4 is 4.74 Å². The van der Waals surface area contributed by atoms with Crippen molar-refractivity contribution in [2.45, 2.75) is 5.92 Å². The Labute approximate surface area is 120 Å². The van der Waals surface area contributed by atoms with Gasteiger partial charge in [0.05, 0.1) is 7.11 Å². The molecular weight excluding hydrogens is 308 g/mol. The molecule has 3 nitrogen and oxygen atoms in total. The van der Waals surface area contributed by atoms with Gasteiger partial charge in [0, 0.05) is 4.47 Å². The SMILES string of the molecule is COc1ccc(C(C(=O)O)c2cccc(Br)c2)cc1. The highest BCUT2D eigenvalue weighted by Gasteiger charge is 2.22. The Kier molecular flexibility index (Phi) is 4.22. The third kappa shape index (κ3) is 3.15. The van der Waals surface area contributed by atoms with Crippen LogP contribution in [0.25, 0.3) is 0 Å². The first kappa shape index (κ1) is 13.6. The molecule has 0 bridgehead atoms. The number of benzene rings is 2. The molecule has 0 radical (unpaired) electrons. The highest BCUT2D eigenvalue weighted by Crippen LogP contribution is 2.28. The summed E-state index contributed by atoms with van der Waals surface area (Å²) in [5.74, 6) is -0.839. The van der Waals surface area contributed by atoms with Crippen molar-refractivity contribution >= 4 is 21.9 Å². The number of hydrogen-bond acceptors (Lipinski definition) is 2. The van der Waals surface area contributed by atoms with E-state index in [-0.39, 0.29) is 0 Å². The smallest absolute Gasteiger partial charge is 0.315 e. The van der Waals surface area contributed by atoms with Gasteiger partial charge in [-0.15, -0.1) is 0 Å². The molecule has 0 saturated carbocycles. The van der Waals surface area contributed by atoms with E-state index in [1.165, 1.54) is 0 Å². The van der Waals surface area contributed by atoms with Crippen molar-refractivity contribution in [3.05, 3.63) is 64.1 Å². The first-order valence-corrected chi connectivity index (χ1v) is 6.53. The molecule has 0 fully saturated rings. The molecule has 0 saturated heterocycles. The maximum atomic E-state index is 11.5. The minimum Gasteiger partial charge on any atom is -0.497 e. The van der Waals surface area contributed by atoms with Gasteiger partial charge >= 0.3 is 5.97 Å². The summed E-state index contributed by atoms with van der Waals surface area (Å²) in [6.45, 7) is 0. The Morgan fingerprint density at radius 3 is 2.37 bits per heavy atom. The van der Waals surface area contributed by atoms with Crippen LogP contribution in [0.15, 0.2) is 53.0 Å². The minimum atomic E-state index is -0.872. The number of carboxylic acids is 1. The Morgan fingerprint density at radius 1 is 1.16 bits per heavy atom. The number of methoxy groups -OCH3 is 1. The second-order valence-corrected chi connectivity index (χ2v) is 5.02. The second kappa shape index (κ2) is 5.89. The van der Waals surface area contributed by atoms with Gasteiger partial charge in [-0.1, -0.05) is 40.2 Å². The van der Waals surface area contributed by atoms with E-state index in [9.17, 15) is 9.90 Å². The molecule has 2 rings (SSSR count). The Bertz CT molecular complexity index is 578. The lowest BCUT2D eigenvalue weighted by Gasteiger charge is -2.14. The normalized spacial score (nSPS) is 11.9. The molecule has 1 unspecified atom stereocenters. The number of carboxylic acid groups (broad SMARTS) is 1. The number of aliphatic carboxylic acids is 1. The van der Waals surface area contributed by atoms with E-state index in [0.29, 0.717) is 5.75 Å². The van der Waals surface area contributed by atoms with Crippen molar-refractivity contribution in [3.8, 4) is 5.75 Å². The van der Waals surface area contributed by atoms with E-state index in [0.717, 1.165) is 15.6 Å². The highest BCUT2D eigenvalue weighted by molar-refractivity contribution is 9.10. The van der Waals surface area contributed by atoms with Crippen molar-refractivity contribution in [2.75, 3.05) is 7.11 Å². The predicted molar refractivity (Wildman–Crippen MR) is 76.6 cm³/mol. The first-order valence-electron chi connectivity index (χ1n) is 5.74. The molecule has 0 amide bonds. The number of ether oxygens (including phenoxy) is 1. The van der Waals surface area contributed by atoms with Gasteiger partial charge in [0.2, 0.25) is 0 Å². The van der Waals surface area contributed by atoms with Gasteiger partial charge in [-0.2, -0.15) is 0 Å². The summed E-state index contributed by atoms with van der Waals surface area (Å²) in [4.78, 5) is 11.5. The fourth-order valence-corrected chi connectivity index (χ4v) is 2.38.